The van der Waals surface area contributed by atoms with Crippen molar-refractivity contribution < 1.29 is 4.57 Å². The van der Waals surface area contributed by atoms with Crippen LogP contribution in [-0.2, 0) is 4.57 Å². The molecule has 0 fully saturated rings. The summed E-state index contributed by atoms with van der Waals surface area (Å²) in [4.78, 5) is 4.02. The zero-order valence-electron chi connectivity index (χ0n) is 6.64. The third kappa shape index (κ3) is 1.58. The van der Waals surface area contributed by atoms with Crippen LogP contribution in [0.2, 0.25) is 0 Å². The fourth-order valence-electron chi connectivity index (χ4n) is 1.27. The molecule has 1 aliphatic rings. The molecule has 2 unspecified atom stereocenters. The summed E-state index contributed by atoms with van der Waals surface area (Å²) in [5.41, 5.74) is 1.81. The molecule has 0 spiro atoms. The predicted molar refractivity (Wildman–Crippen MR) is 54.8 cm³/mol. The Hall–Kier alpha value is -0.920. The summed E-state index contributed by atoms with van der Waals surface area (Å²) >= 11 is 5.55. The van der Waals surface area contributed by atoms with E-state index in [0.29, 0.717) is 0 Å². The van der Waals surface area contributed by atoms with E-state index >= 15 is 0 Å². The topological polar surface area (TPSA) is 41.5 Å². The van der Waals surface area contributed by atoms with Crippen molar-refractivity contribution in [2.45, 2.75) is 5.78 Å². The molecule has 2 rings (SSSR count). The van der Waals surface area contributed by atoms with Gasteiger partial charge in [0.05, 0.1) is 11.9 Å². The van der Waals surface area contributed by atoms with Crippen molar-refractivity contribution >= 4 is 30.4 Å². The van der Waals surface area contributed by atoms with Gasteiger partial charge in [-0.15, -0.1) is 0 Å². The Balaban J connectivity index is 2.48. The van der Waals surface area contributed by atoms with E-state index < -0.39 is 12.9 Å². The number of fused-ring (bicyclic) bond motifs is 1. The number of aliphatic imine (C=N–C) groups is 1. The second kappa shape index (κ2) is 3.44. The van der Waals surface area contributed by atoms with Crippen LogP contribution in [0.3, 0.4) is 0 Å². The highest BCUT2D eigenvalue weighted by molar-refractivity contribution is 7.74. The minimum atomic E-state index is -1.82. The molecule has 1 aromatic rings. The van der Waals surface area contributed by atoms with E-state index in [0.717, 1.165) is 11.3 Å². The van der Waals surface area contributed by atoms with E-state index in [1.165, 1.54) is 6.34 Å². The third-order valence-electron chi connectivity index (χ3n) is 1.87. The van der Waals surface area contributed by atoms with Gasteiger partial charge in [-0.05, 0) is 10.6 Å². The van der Waals surface area contributed by atoms with Crippen LogP contribution in [0.4, 0.5) is 5.69 Å². The number of hydrogen-bond donors (Lipinski definition) is 1. The molecule has 0 saturated carbocycles. The van der Waals surface area contributed by atoms with Crippen LogP contribution in [0.25, 0.3) is 0 Å². The summed E-state index contributed by atoms with van der Waals surface area (Å²) in [6.45, 7) is 0. The van der Waals surface area contributed by atoms with Crippen molar-refractivity contribution in [1.82, 2.24) is 0 Å². The van der Waals surface area contributed by atoms with Gasteiger partial charge in [-0.2, -0.15) is 0 Å². The molecule has 0 saturated heterocycles. The zero-order chi connectivity index (χ0) is 9.26. The lowest BCUT2D eigenvalue weighted by Crippen LogP contribution is -2.07. The molecular weight excluding hydrogens is 207 g/mol. The number of anilines is 1. The number of halogens is 1. The van der Waals surface area contributed by atoms with Gasteiger partial charge in [-0.3, -0.25) is 0 Å². The molecule has 1 aromatic carbocycles. The molecule has 1 aliphatic heterocycles. The van der Waals surface area contributed by atoms with Crippen molar-refractivity contribution in [1.29, 1.82) is 0 Å². The largest absolute Gasteiger partial charge is 0.486 e. The van der Waals surface area contributed by atoms with E-state index in [4.69, 9.17) is 11.2 Å². The van der Waals surface area contributed by atoms with Crippen molar-refractivity contribution in [2.75, 3.05) is 5.32 Å². The molecule has 5 heteroatoms. The Bertz CT molecular complexity index is 380. The van der Waals surface area contributed by atoms with Gasteiger partial charge in [0, 0.05) is 5.69 Å². The van der Waals surface area contributed by atoms with E-state index in [9.17, 15) is 4.57 Å². The molecule has 0 aromatic heterocycles. The SMILES string of the molecule is O=[P+](Cl)C1N=CNc2ccccc21. The average molecular weight is 214 g/mol. The Morgan fingerprint density at radius 2 is 2.23 bits per heavy atom. The smallest absolute Gasteiger partial charge is 0.346 e. The Labute approximate surface area is 81.4 Å². The monoisotopic (exact) mass is 213 g/mol. The fourth-order valence-corrected chi connectivity index (χ4v) is 2.36. The number of nitrogens with zero attached hydrogens (tertiary/aromatic N) is 1. The van der Waals surface area contributed by atoms with Gasteiger partial charge in [0.2, 0.25) is 11.2 Å². The molecule has 1 N–H and O–H groups in total. The molecule has 3 nitrogen and oxygen atoms in total. The second-order valence-corrected chi connectivity index (χ2v) is 4.69. The lowest BCUT2D eigenvalue weighted by molar-refractivity contribution is 0.589. The van der Waals surface area contributed by atoms with Crippen molar-refractivity contribution in [2.24, 2.45) is 4.99 Å². The molecule has 66 valence electrons. The Kier molecular flexibility index (Phi) is 2.30. The Morgan fingerprint density at radius 3 is 3.00 bits per heavy atom. The van der Waals surface area contributed by atoms with Crippen LogP contribution in [0.15, 0.2) is 29.3 Å². The van der Waals surface area contributed by atoms with Gasteiger partial charge in [0.1, 0.15) is 0 Å². The second-order valence-electron chi connectivity index (χ2n) is 2.66. The van der Waals surface area contributed by atoms with Gasteiger partial charge in [0.15, 0.2) is 0 Å². The maximum Gasteiger partial charge on any atom is 0.486 e. The van der Waals surface area contributed by atoms with Gasteiger partial charge in [0.25, 0.3) is 5.78 Å². The quantitative estimate of drug-likeness (QED) is 0.729. The lowest BCUT2D eigenvalue weighted by atomic mass is 10.1. The summed E-state index contributed by atoms with van der Waals surface area (Å²) in [5, 5.41) is 2.97. The molecule has 0 radical (unpaired) electrons. The number of nitrogens with one attached hydrogen (secondary N) is 1. The molecule has 13 heavy (non-hydrogen) atoms. The van der Waals surface area contributed by atoms with Crippen molar-refractivity contribution in [3.63, 3.8) is 0 Å². The minimum absolute atomic E-state index is 0.408. The van der Waals surface area contributed by atoms with Crippen LogP contribution in [0, 0.1) is 0 Å². The van der Waals surface area contributed by atoms with E-state index in [1.807, 2.05) is 24.3 Å². The molecule has 0 bridgehead atoms. The first-order valence-electron chi connectivity index (χ1n) is 3.78. The van der Waals surface area contributed by atoms with Gasteiger partial charge in [-0.25, -0.2) is 4.99 Å². The standard InChI is InChI=1S/C8H7ClN2OP/c9-13(12)8-6-3-1-2-4-7(6)10-5-11-8/h1-5,8H,(H,10,11)/q+1. The number of benzene rings is 1. The highest BCUT2D eigenvalue weighted by Crippen LogP contribution is 2.48. The van der Waals surface area contributed by atoms with Crippen molar-refractivity contribution in [3.05, 3.63) is 29.8 Å². The first kappa shape index (κ1) is 8.67. The molecule has 2 atom stereocenters. The average Bonchev–Trinajstić information content (AvgIpc) is 2.17. The van der Waals surface area contributed by atoms with Gasteiger partial charge in [-0.1, -0.05) is 18.2 Å². The highest BCUT2D eigenvalue weighted by atomic mass is 35.7. The normalized spacial score (nSPS) is 20.4. The zero-order valence-corrected chi connectivity index (χ0v) is 8.30. The third-order valence-corrected chi connectivity index (χ3v) is 3.22. The first-order valence-corrected chi connectivity index (χ1v) is 6.01. The first-order chi connectivity index (χ1) is 6.29. The van der Waals surface area contributed by atoms with Crippen LogP contribution >= 0.6 is 18.4 Å². The molecule has 0 amide bonds. The highest BCUT2D eigenvalue weighted by Gasteiger charge is 2.33. The summed E-state index contributed by atoms with van der Waals surface area (Å²) in [7, 11) is -1.82. The summed E-state index contributed by atoms with van der Waals surface area (Å²) in [5.74, 6) is -0.408. The summed E-state index contributed by atoms with van der Waals surface area (Å²) in [6.07, 6.45) is 1.53. The Morgan fingerprint density at radius 1 is 1.46 bits per heavy atom. The summed E-state index contributed by atoms with van der Waals surface area (Å²) in [6, 6.07) is 7.57. The molecule has 1 heterocycles. The number of hydrogen-bond acceptors (Lipinski definition) is 3. The fraction of sp³-hybridized carbons (Fsp3) is 0.125. The maximum atomic E-state index is 11.1. The summed E-state index contributed by atoms with van der Waals surface area (Å²) < 4.78 is 11.1. The van der Waals surface area contributed by atoms with E-state index in [1.54, 1.807) is 0 Å². The minimum Gasteiger partial charge on any atom is -0.346 e. The lowest BCUT2D eigenvalue weighted by Gasteiger charge is -2.12. The van der Waals surface area contributed by atoms with E-state index in [-0.39, 0.29) is 0 Å². The van der Waals surface area contributed by atoms with Gasteiger partial charge >= 0.3 is 7.15 Å². The molecule has 0 aliphatic carbocycles. The predicted octanol–water partition coefficient (Wildman–Crippen LogP) is 3.12. The van der Waals surface area contributed by atoms with Crippen LogP contribution in [0.5, 0.6) is 0 Å². The molecular formula is C8H7ClN2OP+. The number of para-hydroxylation sites is 1. The van der Waals surface area contributed by atoms with Crippen LogP contribution in [-0.4, -0.2) is 6.34 Å². The van der Waals surface area contributed by atoms with Crippen molar-refractivity contribution in [3.8, 4) is 0 Å². The van der Waals surface area contributed by atoms with Crippen LogP contribution < -0.4 is 5.32 Å². The van der Waals surface area contributed by atoms with Crippen LogP contribution in [0.1, 0.15) is 11.3 Å². The van der Waals surface area contributed by atoms with E-state index in [2.05, 4.69) is 10.3 Å². The maximum absolute atomic E-state index is 11.1. The number of rotatable bonds is 1. The van der Waals surface area contributed by atoms with Gasteiger partial charge < -0.3 is 5.32 Å².